The SMILES string of the molecule is COc1ncc2c(Br)cc(OC)n2n1. The van der Waals surface area contributed by atoms with Crippen LogP contribution in [0.1, 0.15) is 0 Å². The molecule has 14 heavy (non-hydrogen) atoms. The van der Waals surface area contributed by atoms with Crippen LogP contribution >= 0.6 is 15.9 Å². The van der Waals surface area contributed by atoms with Gasteiger partial charge in [-0.15, -0.1) is 5.10 Å². The predicted octanol–water partition coefficient (Wildman–Crippen LogP) is 1.51. The van der Waals surface area contributed by atoms with Gasteiger partial charge in [-0.1, -0.05) is 0 Å². The molecule has 0 N–H and O–H groups in total. The molecule has 0 aliphatic carbocycles. The van der Waals surface area contributed by atoms with Crippen molar-refractivity contribution in [1.29, 1.82) is 0 Å². The van der Waals surface area contributed by atoms with Gasteiger partial charge in [0.2, 0.25) is 5.88 Å². The summed E-state index contributed by atoms with van der Waals surface area (Å²) < 4.78 is 12.6. The molecule has 0 aromatic carbocycles. The summed E-state index contributed by atoms with van der Waals surface area (Å²) in [4.78, 5) is 3.99. The van der Waals surface area contributed by atoms with Crippen LogP contribution in [-0.2, 0) is 0 Å². The van der Waals surface area contributed by atoms with Crippen LogP contribution in [0.4, 0.5) is 0 Å². The highest BCUT2D eigenvalue weighted by Gasteiger charge is 2.09. The van der Waals surface area contributed by atoms with Gasteiger partial charge in [-0.05, 0) is 15.9 Å². The molecule has 0 aliphatic heterocycles. The Hall–Kier alpha value is -1.30. The third-order valence-corrected chi connectivity index (χ3v) is 2.44. The van der Waals surface area contributed by atoms with E-state index in [0.29, 0.717) is 11.9 Å². The van der Waals surface area contributed by atoms with E-state index in [1.807, 2.05) is 6.07 Å². The van der Waals surface area contributed by atoms with E-state index in [-0.39, 0.29) is 0 Å². The van der Waals surface area contributed by atoms with E-state index in [9.17, 15) is 0 Å². The van der Waals surface area contributed by atoms with E-state index in [2.05, 4.69) is 26.0 Å². The summed E-state index contributed by atoms with van der Waals surface area (Å²) in [6.07, 6.45) is 1.67. The first-order valence-electron chi connectivity index (χ1n) is 3.88. The zero-order chi connectivity index (χ0) is 10.1. The summed E-state index contributed by atoms with van der Waals surface area (Å²) in [5, 5.41) is 4.11. The zero-order valence-electron chi connectivity index (χ0n) is 7.69. The number of hydrogen-bond donors (Lipinski definition) is 0. The minimum Gasteiger partial charge on any atom is -0.481 e. The van der Waals surface area contributed by atoms with E-state index in [4.69, 9.17) is 9.47 Å². The van der Waals surface area contributed by atoms with Gasteiger partial charge in [-0.2, -0.15) is 4.52 Å². The fourth-order valence-electron chi connectivity index (χ4n) is 1.15. The van der Waals surface area contributed by atoms with Gasteiger partial charge in [-0.25, -0.2) is 4.98 Å². The lowest BCUT2D eigenvalue weighted by atomic mass is 10.5. The number of aromatic nitrogens is 3. The van der Waals surface area contributed by atoms with Gasteiger partial charge in [0.1, 0.15) is 5.52 Å². The van der Waals surface area contributed by atoms with Gasteiger partial charge in [0.05, 0.1) is 24.9 Å². The zero-order valence-corrected chi connectivity index (χ0v) is 9.28. The van der Waals surface area contributed by atoms with E-state index >= 15 is 0 Å². The molecule has 0 radical (unpaired) electrons. The molecule has 2 aromatic rings. The van der Waals surface area contributed by atoms with Crippen molar-refractivity contribution >= 4 is 21.4 Å². The summed E-state index contributed by atoms with van der Waals surface area (Å²) in [5.41, 5.74) is 0.836. The molecule has 2 aromatic heterocycles. The Balaban J connectivity index is 2.71. The van der Waals surface area contributed by atoms with Crippen molar-refractivity contribution in [2.75, 3.05) is 14.2 Å². The summed E-state index contributed by atoms with van der Waals surface area (Å²) in [6.45, 7) is 0. The van der Waals surface area contributed by atoms with Crippen LogP contribution in [0.2, 0.25) is 0 Å². The van der Waals surface area contributed by atoms with E-state index < -0.39 is 0 Å². The highest BCUT2D eigenvalue weighted by Crippen LogP contribution is 2.26. The molecule has 2 heterocycles. The third-order valence-electron chi connectivity index (χ3n) is 1.81. The smallest absolute Gasteiger partial charge is 0.334 e. The van der Waals surface area contributed by atoms with Gasteiger partial charge in [0, 0.05) is 6.07 Å². The molecule has 0 amide bonds. The summed E-state index contributed by atoms with van der Waals surface area (Å²) in [7, 11) is 3.11. The maximum Gasteiger partial charge on any atom is 0.334 e. The number of nitrogens with zero attached hydrogens (tertiary/aromatic N) is 3. The molecule has 74 valence electrons. The van der Waals surface area contributed by atoms with Crippen LogP contribution in [0, 0.1) is 0 Å². The van der Waals surface area contributed by atoms with Gasteiger partial charge in [0.15, 0.2) is 0 Å². The first-order valence-corrected chi connectivity index (χ1v) is 4.68. The molecule has 0 aliphatic rings. The average molecular weight is 258 g/mol. The monoisotopic (exact) mass is 257 g/mol. The highest BCUT2D eigenvalue weighted by molar-refractivity contribution is 9.10. The number of hydrogen-bond acceptors (Lipinski definition) is 4. The van der Waals surface area contributed by atoms with Gasteiger partial charge >= 0.3 is 6.01 Å². The molecule has 0 saturated heterocycles. The minimum absolute atomic E-state index is 0.305. The van der Waals surface area contributed by atoms with Crippen molar-refractivity contribution in [2.24, 2.45) is 0 Å². The number of rotatable bonds is 2. The maximum atomic E-state index is 5.13. The maximum absolute atomic E-state index is 5.13. The van der Waals surface area contributed by atoms with Crippen molar-refractivity contribution in [1.82, 2.24) is 14.6 Å². The Kier molecular flexibility index (Phi) is 2.28. The van der Waals surface area contributed by atoms with Crippen molar-refractivity contribution in [3.63, 3.8) is 0 Å². The van der Waals surface area contributed by atoms with Crippen LogP contribution in [0.3, 0.4) is 0 Å². The quantitative estimate of drug-likeness (QED) is 0.819. The van der Waals surface area contributed by atoms with Gasteiger partial charge in [-0.3, -0.25) is 0 Å². The summed E-state index contributed by atoms with van der Waals surface area (Å²) in [6, 6.07) is 2.13. The van der Waals surface area contributed by atoms with E-state index in [0.717, 1.165) is 9.99 Å². The van der Waals surface area contributed by atoms with Crippen LogP contribution in [0.5, 0.6) is 11.9 Å². The molecule has 0 fully saturated rings. The lowest BCUT2D eigenvalue weighted by Crippen LogP contribution is -1.99. The number of methoxy groups -OCH3 is 2. The van der Waals surface area contributed by atoms with Crippen molar-refractivity contribution in [3.05, 3.63) is 16.7 Å². The molecular formula is C8H8BrN3O2. The van der Waals surface area contributed by atoms with Crippen LogP contribution in [-0.4, -0.2) is 28.8 Å². The standard InChI is InChI=1S/C8H8BrN3O2/c1-13-7-3-5(9)6-4-10-8(14-2)11-12(6)7/h3-4H,1-2H3. The third kappa shape index (κ3) is 1.31. The Morgan fingerprint density at radius 1 is 1.36 bits per heavy atom. The normalized spacial score (nSPS) is 10.5. The van der Waals surface area contributed by atoms with Crippen LogP contribution < -0.4 is 9.47 Å². The molecule has 5 nitrogen and oxygen atoms in total. The molecular weight excluding hydrogens is 250 g/mol. The second kappa shape index (κ2) is 3.45. The van der Waals surface area contributed by atoms with Crippen molar-refractivity contribution < 1.29 is 9.47 Å². The topological polar surface area (TPSA) is 48.7 Å². The predicted molar refractivity (Wildman–Crippen MR) is 53.8 cm³/mol. The van der Waals surface area contributed by atoms with E-state index in [1.54, 1.807) is 17.8 Å². The number of fused-ring (bicyclic) bond motifs is 1. The second-order valence-corrected chi connectivity index (χ2v) is 3.43. The first kappa shape index (κ1) is 9.26. The molecule has 0 saturated carbocycles. The fourth-order valence-corrected chi connectivity index (χ4v) is 1.62. The van der Waals surface area contributed by atoms with Crippen molar-refractivity contribution in [3.8, 4) is 11.9 Å². The number of ether oxygens (including phenoxy) is 2. The van der Waals surface area contributed by atoms with Crippen molar-refractivity contribution in [2.45, 2.75) is 0 Å². The fraction of sp³-hybridized carbons (Fsp3) is 0.250. The molecule has 0 unspecified atom stereocenters. The molecule has 0 spiro atoms. The Labute approximate surface area is 88.8 Å². The molecule has 0 bridgehead atoms. The summed E-state index contributed by atoms with van der Waals surface area (Å²) in [5.74, 6) is 0.632. The van der Waals surface area contributed by atoms with Gasteiger partial charge in [0.25, 0.3) is 0 Å². The Bertz CT molecular complexity index is 469. The Morgan fingerprint density at radius 3 is 2.79 bits per heavy atom. The second-order valence-electron chi connectivity index (χ2n) is 2.58. The minimum atomic E-state index is 0.305. The number of halogens is 1. The molecule has 2 rings (SSSR count). The lowest BCUT2D eigenvalue weighted by molar-refractivity contribution is 0.355. The first-order chi connectivity index (χ1) is 6.76. The van der Waals surface area contributed by atoms with E-state index in [1.165, 1.54) is 7.11 Å². The van der Waals surface area contributed by atoms with Crippen LogP contribution in [0.15, 0.2) is 16.7 Å². The average Bonchev–Trinajstić information content (AvgIpc) is 2.55. The summed E-state index contributed by atoms with van der Waals surface area (Å²) >= 11 is 3.38. The largest absolute Gasteiger partial charge is 0.481 e. The lowest BCUT2D eigenvalue weighted by Gasteiger charge is -2.01. The molecule has 0 atom stereocenters. The van der Waals surface area contributed by atoms with Gasteiger partial charge < -0.3 is 9.47 Å². The molecule has 6 heteroatoms. The van der Waals surface area contributed by atoms with Crippen LogP contribution in [0.25, 0.3) is 5.52 Å². The highest BCUT2D eigenvalue weighted by atomic mass is 79.9. The Morgan fingerprint density at radius 2 is 2.14 bits per heavy atom.